The summed E-state index contributed by atoms with van der Waals surface area (Å²) in [6, 6.07) is 9.65. The monoisotopic (exact) mass is 419 g/mol. The third-order valence-corrected chi connectivity index (χ3v) is 5.95. The first-order valence-electron chi connectivity index (χ1n) is 12.8. The van der Waals surface area contributed by atoms with E-state index in [0.29, 0.717) is 0 Å². The van der Waals surface area contributed by atoms with Crippen LogP contribution in [0.3, 0.4) is 0 Å². The summed E-state index contributed by atoms with van der Waals surface area (Å²) in [5.74, 6) is -1.67. The molecule has 3 heteroatoms. The SMILES string of the molecule is CCCCCCCCCCCCCCCCCCNCC(O)(O)Cc1ccccc1. The van der Waals surface area contributed by atoms with Crippen LogP contribution in [0.5, 0.6) is 0 Å². The molecule has 0 bridgehead atoms. The molecular weight excluding hydrogens is 370 g/mol. The summed E-state index contributed by atoms with van der Waals surface area (Å²) in [6.07, 6.45) is 22.2. The van der Waals surface area contributed by atoms with Gasteiger partial charge in [-0.3, -0.25) is 0 Å². The third kappa shape index (κ3) is 16.8. The van der Waals surface area contributed by atoms with Gasteiger partial charge in [-0.15, -0.1) is 0 Å². The number of aliphatic hydroxyl groups is 2. The quantitative estimate of drug-likeness (QED) is 0.152. The van der Waals surface area contributed by atoms with E-state index in [1.54, 1.807) is 0 Å². The summed E-state index contributed by atoms with van der Waals surface area (Å²) >= 11 is 0. The topological polar surface area (TPSA) is 52.5 Å². The Morgan fingerprint density at radius 3 is 1.53 bits per heavy atom. The molecule has 0 fully saturated rings. The van der Waals surface area contributed by atoms with Crippen molar-refractivity contribution in [1.82, 2.24) is 5.32 Å². The van der Waals surface area contributed by atoms with Gasteiger partial charge in [0.25, 0.3) is 0 Å². The highest BCUT2D eigenvalue weighted by atomic mass is 16.5. The molecule has 30 heavy (non-hydrogen) atoms. The second-order valence-electron chi connectivity index (χ2n) is 9.12. The van der Waals surface area contributed by atoms with Crippen molar-refractivity contribution in [1.29, 1.82) is 0 Å². The number of benzene rings is 1. The molecule has 0 aliphatic rings. The first kappa shape index (κ1) is 27.1. The Morgan fingerprint density at radius 1 is 0.633 bits per heavy atom. The third-order valence-electron chi connectivity index (χ3n) is 5.95. The van der Waals surface area contributed by atoms with Crippen LogP contribution in [0.1, 0.15) is 115 Å². The largest absolute Gasteiger partial charge is 0.364 e. The van der Waals surface area contributed by atoms with E-state index in [1.807, 2.05) is 30.3 Å². The Hall–Kier alpha value is -0.900. The minimum Gasteiger partial charge on any atom is -0.364 e. The van der Waals surface area contributed by atoms with Crippen LogP contribution in [-0.2, 0) is 6.42 Å². The van der Waals surface area contributed by atoms with Gasteiger partial charge in [0, 0.05) is 13.0 Å². The zero-order valence-corrected chi connectivity index (χ0v) is 19.7. The molecule has 0 aromatic heterocycles. The minimum absolute atomic E-state index is 0.223. The molecule has 1 aromatic carbocycles. The van der Waals surface area contributed by atoms with Crippen LogP contribution in [0.25, 0.3) is 0 Å². The van der Waals surface area contributed by atoms with Gasteiger partial charge >= 0.3 is 0 Å². The van der Waals surface area contributed by atoms with Gasteiger partial charge < -0.3 is 15.5 Å². The molecule has 3 nitrogen and oxygen atoms in total. The molecule has 0 saturated heterocycles. The lowest BCUT2D eigenvalue weighted by atomic mass is 10.0. The maximum atomic E-state index is 10.1. The fraction of sp³-hybridized carbons (Fsp3) is 0.778. The molecule has 0 radical (unpaired) electrons. The normalized spacial score (nSPS) is 11.8. The second-order valence-corrected chi connectivity index (χ2v) is 9.12. The van der Waals surface area contributed by atoms with E-state index in [-0.39, 0.29) is 13.0 Å². The summed E-state index contributed by atoms with van der Waals surface area (Å²) in [4.78, 5) is 0. The van der Waals surface area contributed by atoms with Crippen molar-refractivity contribution < 1.29 is 10.2 Å². The Kier molecular flexibility index (Phi) is 17.0. The Morgan fingerprint density at radius 2 is 1.07 bits per heavy atom. The molecule has 1 rings (SSSR count). The Bertz CT molecular complexity index is 475. The lowest BCUT2D eigenvalue weighted by molar-refractivity contribution is -0.155. The van der Waals surface area contributed by atoms with Gasteiger partial charge in [0.1, 0.15) is 0 Å². The van der Waals surface area contributed by atoms with Crippen LogP contribution in [0.15, 0.2) is 30.3 Å². The van der Waals surface area contributed by atoms with Crippen LogP contribution < -0.4 is 5.32 Å². The molecule has 0 amide bonds. The molecule has 0 atom stereocenters. The summed E-state index contributed by atoms with van der Waals surface area (Å²) in [5, 5.41) is 23.4. The van der Waals surface area contributed by atoms with E-state index in [9.17, 15) is 10.2 Å². The zero-order valence-electron chi connectivity index (χ0n) is 19.7. The van der Waals surface area contributed by atoms with Crippen LogP contribution >= 0.6 is 0 Å². The highest BCUT2D eigenvalue weighted by molar-refractivity contribution is 5.16. The first-order valence-corrected chi connectivity index (χ1v) is 12.8. The Balaban J connectivity index is 1.79. The fourth-order valence-electron chi connectivity index (χ4n) is 4.07. The first-order chi connectivity index (χ1) is 14.6. The summed E-state index contributed by atoms with van der Waals surface area (Å²) in [5.41, 5.74) is 0.951. The van der Waals surface area contributed by atoms with Crippen molar-refractivity contribution in [2.24, 2.45) is 0 Å². The lowest BCUT2D eigenvalue weighted by Gasteiger charge is -2.22. The van der Waals surface area contributed by atoms with Crippen molar-refractivity contribution in [3.63, 3.8) is 0 Å². The highest BCUT2D eigenvalue weighted by Crippen LogP contribution is 2.14. The molecular formula is C27H49NO2. The van der Waals surface area contributed by atoms with E-state index in [0.717, 1.165) is 18.5 Å². The lowest BCUT2D eigenvalue weighted by Crippen LogP contribution is -2.42. The van der Waals surface area contributed by atoms with Crippen molar-refractivity contribution in [3.05, 3.63) is 35.9 Å². The second kappa shape index (κ2) is 18.8. The van der Waals surface area contributed by atoms with E-state index < -0.39 is 5.79 Å². The van der Waals surface area contributed by atoms with Crippen molar-refractivity contribution >= 4 is 0 Å². The molecule has 0 heterocycles. The van der Waals surface area contributed by atoms with E-state index in [1.165, 1.54) is 96.3 Å². The standard InChI is InChI=1S/C27H49NO2/c1-2-3-4-5-6-7-8-9-10-11-12-13-14-15-16-20-23-28-25-27(29,30)24-26-21-18-17-19-22-26/h17-19,21-22,28-30H,2-16,20,23-25H2,1H3. The number of hydrogen-bond donors (Lipinski definition) is 3. The van der Waals surface area contributed by atoms with Crippen LogP contribution in [0.2, 0.25) is 0 Å². The maximum Gasteiger partial charge on any atom is 0.179 e. The van der Waals surface area contributed by atoms with Crippen LogP contribution in [-0.4, -0.2) is 29.1 Å². The van der Waals surface area contributed by atoms with E-state index in [4.69, 9.17) is 0 Å². The van der Waals surface area contributed by atoms with Crippen molar-refractivity contribution in [2.75, 3.05) is 13.1 Å². The van der Waals surface area contributed by atoms with Gasteiger partial charge in [-0.25, -0.2) is 0 Å². The van der Waals surface area contributed by atoms with Gasteiger partial charge in [0.05, 0.1) is 0 Å². The predicted molar refractivity (Wildman–Crippen MR) is 130 cm³/mol. The van der Waals surface area contributed by atoms with Gasteiger partial charge in [0.15, 0.2) is 5.79 Å². The van der Waals surface area contributed by atoms with E-state index in [2.05, 4.69) is 12.2 Å². The summed E-state index contributed by atoms with van der Waals surface area (Å²) in [7, 11) is 0. The van der Waals surface area contributed by atoms with Crippen LogP contribution in [0, 0.1) is 0 Å². The molecule has 1 aromatic rings. The smallest absolute Gasteiger partial charge is 0.179 e. The van der Waals surface area contributed by atoms with Crippen molar-refractivity contribution in [3.8, 4) is 0 Å². The number of unbranched alkanes of at least 4 members (excludes halogenated alkanes) is 15. The number of nitrogens with one attached hydrogen (secondary N) is 1. The molecule has 0 aliphatic heterocycles. The van der Waals surface area contributed by atoms with Gasteiger partial charge in [-0.2, -0.15) is 0 Å². The van der Waals surface area contributed by atoms with Crippen LogP contribution in [0.4, 0.5) is 0 Å². The number of rotatable bonds is 21. The maximum absolute atomic E-state index is 10.1. The minimum atomic E-state index is -1.67. The Labute approximate surface area is 186 Å². The zero-order chi connectivity index (χ0) is 21.8. The average Bonchev–Trinajstić information content (AvgIpc) is 2.73. The summed E-state index contributed by atoms with van der Waals surface area (Å²) in [6.45, 7) is 3.36. The molecule has 0 spiro atoms. The highest BCUT2D eigenvalue weighted by Gasteiger charge is 2.22. The molecule has 0 saturated carbocycles. The van der Waals surface area contributed by atoms with Gasteiger partial charge in [-0.1, -0.05) is 134 Å². The molecule has 0 unspecified atom stereocenters. The summed E-state index contributed by atoms with van der Waals surface area (Å²) < 4.78 is 0. The van der Waals surface area contributed by atoms with Gasteiger partial charge in [-0.05, 0) is 18.5 Å². The fourth-order valence-corrected chi connectivity index (χ4v) is 4.07. The average molecular weight is 420 g/mol. The number of hydrogen-bond acceptors (Lipinski definition) is 3. The molecule has 0 aliphatic carbocycles. The van der Waals surface area contributed by atoms with Crippen molar-refractivity contribution in [2.45, 2.75) is 122 Å². The van der Waals surface area contributed by atoms with E-state index >= 15 is 0 Å². The molecule has 3 N–H and O–H groups in total. The predicted octanol–water partition coefficient (Wildman–Crippen LogP) is 6.76. The molecule has 174 valence electrons. The van der Waals surface area contributed by atoms with Gasteiger partial charge in [0.2, 0.25) is 0 Å².